The van der Waals surface area contributed by atoms with Gasteiger partial charge in [0, 0.05) is 39.3 Å². The molecule has 144 valence electrons. The molecule has 0 saturated carbocycles. The van der Waals surface area contributed by atoms with Gasteiger partial charge in [0.15, 0.2) is 5.96 Å². The van der Waals surface area contributed by atoms with E-state index in [0.717, 1.165) is 44.0 Å². The molecule has 2 aliphatic heterocycles. The predicted molar refractivity (Wildman–Crippen MR) is 103 cm³/mol. The predicted octanol–water partition coefficient (Wildman–Crippen LogP) is 1.35. The Labute approximate surface area is 160 Å². The first-order valence-corrected chi connectivity index (χ1v) is 9.64. The Balaban J connectivity index is 1.58. The average Bonchev–Trinajstić information content (AvgIpc) is 3.26. The van der Waals surface area contributed by atoms with Gasteiger partial charge in [0.05, 0.1) is 18.2 Å². The zero-order chi connectivity index (χ0) is 19.1. The molecule has 0 radical (unpaired) electrons. The van der Waals surface area contributed by atoms with E-state index in [9.17, 15) is 4.79 Å². The number of nitrogens with zero attached hydrogens (tertiary/aromatic N) is 4. The first-order chi connectivity index (χ1) is 13.2. The minimum absolute atomic E-state index is 0.127. The lowest BCUT2D eigenvalue weighted by Gasteiger charge is -2.37. The first kappa shape index (κ1) is 19.2. The highest BCUT2D eigenvalue weighted by atomic mass is 16.5. The normalized spacial score (nSPS) is 20.4. The molecule has 1 N–H and O–H groups in total. The second kappa shape index (κ2) is 9.38. The lowest BCUT2D eigenvalue weighted by atomic mass is 10.1. The number of guanidine groups is 1. The van der Waals surface area contributed by atoms with Crippen LogP contribution in [0.1, 0.15) is 30.9 Å². The van der Waals surface area contributed by atoms with E-state index in [4.69, 9.17) is 15.0 Å². The number of hydrogen-bond donors (Lipinski definition) is 1. The fourth-order valence-electron chi connectivity index (χ4n) is 3.45. The summed E-state index contributed by atoms with van der Waals surface area (Å²) in [5.41, 5.74) is 1.66. The highest BCUT2D eigenvalue weighted by molar-refractivity contribution is 5.82. The lowest BCUT2D eigenvalue weighted by Crippen LogP contribution is -2.55. The van der Waals surface area contributed by atoms with Crippen molar-refractivity contribution in [3.63, 3.8) is 0 Å². The number of piperazine rings is 1. The molecule has 7 heteroatoms. The number of nitriles is 1. The molecule has 2 aliphatic rings. The van der Waals surface area contributed by atoms with Crippen LogP contribution >= 0.6 is 0 Å². The summed E-state index contributed by atoms with van der Waals surface area (Å²) in [6.45, 7) is 6.92. The van der Waals surface area contributed by atoms with Gasteiger partial charge in [0.25, 0.3) is 5.91 Å². The molecular weight excluding hydrogens is 342 g/mol. The van der Waals surface area contributed by atoms with Gasteiger partial charge in [-0.3, -0.25) is 4.79 Å². The van der Waals surface area contributed by atoms with Crippen molar-refractivity contribution in [1.29, 1.82) is 5.26 Å². The summed E-state index contributed by atoms with van der Waals surface area (Å²) in [6, 6.07) is 9.68. The largest absolute Gasteiger partial charge is 0.368 e. The number of rotatable bonds is 4. The number of hydrogen-bond acceptors (Lipinski definition) is 4. The number of nitrogens with one attached hydrogen (secondary N) is 1. The van der Waals surface area contributed by atoms with Crippen molar-refractivity contribution < 1.29 is 9.53 Å². The molecule has 0 aliphatic carbocycles. The smallest absolute Gasteiger partial charge is 0.251 e. The van der Waals surface area contributed by atoms with Crippen molar-refractivity contribution in [2.75, 3.05) is 39.3 Å². The zero-order valence-electron chi connectivity index (χ0n) is 15.9. The quantitative estimate of drug-likeness (QED) is 0.640. The van der Waals surface area contributed by atoms with Crippen molar-refractivity contribution >= 4 is 11.9 Å². The second-order valence-electron chi connectivity index (χ2n) is 6.80. The van der Waals surface area contributed by atoms with Gasteiger partial charge in [-0.2, -0.15) is 5.26 Å². The molecule has 1 unspecified atom stereocenters. The molecule has 7 nitrogen and oxygen atoms in total. The van der Waals surface area contributed by atoms with E-state index in [1.54, 1.807) is 6.07 Å². The average molecular weight is 369 g/mol. The van der Waals surface area contributed by atoms with E-state index in [2.05, 4.69) is 16.3 Å². The lowest BCUT2D eigenvalue weighted by molar-refractivity contribution is -0.142. The number of ether oxygens (including phenoxy) is 1. The van der Waals surface area contributed by atoms with Crippen LogP contribution in [0.3, 0.4) is 0 Å². The third kappa shape index (κ3) is 4.98. The molecule has 1 aromatic carbocycles. The molecule has 2 saturated heterocycles. The van der Waals surface area contributed by atoms with E-state index in [-0.39, 0.29) is 12.0 Å². The van der Waals surface area contributed by atoms with Gasteiger partial charge in [0.2, 0.25) is 0 Å². The summed E-state index contributed by atoms with van der Waals surface area (Å²) in [4.78, 5) is 21.3. The highest BCUT2D eigenvalue weighted by Gasteiger charge is 2.30. The summed E-state index contributed by atoms with van der Waals surface area (Å²) in [7, 11) is 0. The van der Waals surface area contributed by atoms with E-state index in [1.807, 2.05) is 30.0 Å². The summed E-state index contributed by atoms with van der Waals surface area (Å²) in [5, 5.41) is 12.4. The van der Waals surface area contributed by atoms with Crippen LogP contribution in [0.4, 0.5) is 0 Å². The Morgan fingerprint density at radius 3 is 2.78 bits per heavy atom. The van der Waals surface area contributed by atoms with Crippen LogP contribution in [-0.2, 0) is 16.1 Å². The molecule has 1 amide bonds. The Morgan fingerprint density at radius 1 is 1.33 bits per heavy atom. The number of aliphatic imine (C=N–C) groups is 1. The molecular formula is C20H27N5O2. The highest BCUT2D eigenvalue weighted by Crippen LogP contribution is 2.16. The summed E-state index contributed by atoms with van der Waals surface area (Å²) < 4.78 is 5.52. The Morgan fingerprint density at radius 2 is 2.11 bits per heavy atom. The van der Waals surface area contributed by atoms with Crippen LogP contribution in [0.5, 0.6) is 0 Å². The van der Waals surface area contributed by atoms with Gasteiger partial charge in [-0.15, -0.1) is 0 Å². The van der Waals surface area contributed by atoms with E-state index < -0.39 is 0 Å². The molecule has 0 bridgehead atoms. The molecule has 0 aromatic heterocycles. The fraction of sp³-hybridized carbons (Fsp3) is 0.550. The van der Waals surface area contributed by atoms with Gasteiger partial charge in [-0.1, -0.05) is 12.1 Å². The van der Waals surface area contributed by atoms with Gasteiger partial charge in [-0.25, -0.2) is 4.99 Å². The standard InChI is InChI=1S/C20H27N5O2/c1-2-22-20(23-15-17-6-3-5-16(13-17)14-21)25-10-8-24(9-11-25)19(26)18-7-4-12-27-18/h3,5-6,13,18H,2,4,7-12,15H2,1H3,(H,22,23). The first-order valence-electron chi connectivity index (χ1n) is 9.64. The maximum atomic E-state index is 12.5. The van der Waals surface area contributed by atoms with Gasteiger partial charge < -0.3 is 19.9 Å². The van der Waals surface area contributed by atoms with E-state index >= 15 is 0 Å². The zero-order valence-corrected chi connectivity index (χ0v) is 15.9. The Hall–Kier alpha value is -2.59. The van der Waals surface area contributed by atoms with E-state index in [1.165, 1.54) is 0 Å². The van der Waals surface area contributed by atoms with Gasteiger partial charge >= 0.3 is 0 Å². The second-order valence-corrected chi connectivity index (χ2v) is 6.80. The van der Waals surface area contributed by atoms with Crippen molar-refractivity contribution in [3.8, 4) is 6.07 Å². The van der Waals surface area contributed by atoms with Crippen LogP contribution in [0.15, 0.2) is 29.3 Å². The molecule has 27 heavy (non-hydrogen) atoms. The minimum atomic E-state index is -0.245. The fourth-order valence-corrected chi connectivity index (χ4v) is 3.45. The molecule has 0 spiro atoms. The van der Waals surface area contributed by atoms with Crippen molar-refractivity contribution in [3.05, 3.63) is 35.4 Å². The number of carbonyl (C=O) groups is 1. The van der Waals surface area contributed by atoms with E-state index in [0.29, 0.717) is 31.8 Å². The number of carbonyl (C=O) groups excluding carboxylic acids is 1. The monoisotopic (exact) mass is 369 g/mol. The minimum Gasteiger partial charge on any atom is -0.368 e. The molecule has 1 aromatic rings. The van der Waals surface area contributed by atoms with Crippen LogP contribution in [0, 0.1) is 11.3 Å². The van der Waals surface area contributed by atoms with Crippen molar-refractivity contribution in [1.82, 2.24) is 15.1 Å². The molecule has 1 atom stereocenters. The Bertz CT molecular complexity index is 713. The molecule has 2 fully saturated rings. The van der Waals surface area contributed by atoms with Gasteiger partial charge in [-0.05, 0) is 37.5 Å². The van der Waals surface area contributed by atoms with Crippen molar-refractivity contribution in [2.24, 2.45) is 4.99 Å². The number of amides is 1. The van der Waals surface area contributed by atoms with Crippen LogP contribution in [0.25, 0.3) is 0 Å². The Kier molecular flexibility index (Phi) is 6.66. The molecule has 2 heterocycles. The topological polar surface area (TPSA) is 81.0 Å². The van der Waals surface area contributed by atoms with Crippen LogP contribution in [-0.4, -0.2) is 67.1 Å². The van der Waals surface area contributed by atoms with Crippen LogP contribution < -0.4 is 5.32 Å². The summed E-state index contributed by atoms with van der Waals surface area (Å²) in [6.07, 6.45) is 1.57. The summed E-state index contributed by atoms with van der Waals surface area (Å²) in [5.74, 6) is 0.978. The third-order valence-corrected chi connectivity index (χ3v) is 4.90. The number of benzene rings is 1. The van der Waals surface area contributed by atoms with Crippen molar-refractivity contribution in [2.45, 2.75) is 32.4 Å². The maximum absolute atomic E-state index is 12.5. The van der Waals surface area contributed by atoms with Gasteiger partial charge in [0.1, 0.15) is 6.10 Å². The molecule has 3 rings (SSSR count). The SMILES string of the molecule is CCNC(=NCc1cccc(C#N)c1)N1CCN(C(=O)C2CCCO2)CC1. The maximum Gasteiger partial charge on any atom is 0.251 e. The van der Waals surface area contributed by atoms with Crippen LogP contribution in [0.2, 0.25) is 0 Å². The third-order valence-electron chi connectivity index (χ3n) is 4.90. The summed E-state index contributed by atoms with van der Waals surface area (Å²) >= 11 is 0.